The molecule has 28 heavy (non-hydrogen) atoms. The second kappa shape index (κ2) is 9.20. The average molecular weight is 411 g/mol. The van der Waals surface area contributed by atoms with Crippen LogP contribution in [-0.4, -0.2) is 30.2 Å². The maximum absolute atomic E-state index is 11.3. The highest BCUT2D eigenvalue weighted by Crippen LogP contribution is 2.51. The Labute approximate surface area is 167 Å². The van der Waals surface area contributed by atoms with Gasteiger partial charge in [0, 0.05) is 12.0 Å². The van der Waals surface area contributed by atoms with Crippen molar-refractivity contribution in [2.45, 2.75) is 46.6 Å². The van der Waals surface area contributed by atoms with Gasteiger partial charge in [0.2, 0.25) is 0 Å². The zero-order valence-electron chi connectivity index (χ0n) is 16.8. The van der Waals surface area contributed by atoms with E-state index in [1.54, 1.807) is 6.08 Å². The Kier molecular flexibility index (Phi) is 7.42. The van der Waals surface area contributed by atoms with Gasteiger partial charge in [-0.05, 0) is 57.3 Å². The second-order valence-electron chi connectivity index (χ2n) is 7.82. The van der Waals surface area contributed by atoms with Gasteiger partial charge >= 0.3 is 16.4 Å². The number of carboxylic acids is 1. The van der Waals surface area contributed by atoms with Gasteiger partial charge in [0.1, 0.15) is 0 Å². The maximum atomic E-state index is 11.3. The van der Waals surface area contributed by atoms with Gasteiger partial charge in [-0.3, -0.25) is 4.55 Å². The van der Waals surface area contributed by atoms with Crippen LogP contribution < -0.4 is 0 Å². The number of fused-ring (bicyclic) bond motifs is 1. The molecule has 2 N–H and O–H groups in total. The molecule has 6 atom stereocenters. The number of rotatable bonds is 6. The van der Waals surface area contributed by atoms with Gasteiger partial charge < -0.3 is 5.11 Å². The highest BCUT2D eigenvalue weighted by atomic mass is 32.3. The molecule has 0 spiro atoms. The van der Waals surface area contributed by atoms with Crippen molar-refractivity contribution in [3.8, 4) is 0 Å². The molecule has 1 fully saturated rings. The molecule has 6 nitrogen and oxygen atoms in total. The van der Waals surface area contributed by atoms with Crippen molar-refractivity contribution in [2.75, 3.05) is 0 Å². The van der Waals surface area contributed by atoms with Crippen LogP contribution >= 0.6 is 0 Å². The Balaban J connectivity index is 2.43. The van der Waals surface area contributed by atoms with E-state index in [-0.39, 0.29) is 29.6 Å². The summed E-state index contributed by atoms with van der Waals surface area (Å²) in [5.41, 5.74) is 2.49. The lowest BCUT2D eigenvalue weighted by molar-refractivity contribution is -0.131. The molecule has 0 radical (unpaired) electrons. The first kappa shape index (κ1) is 22.6. The van der Waals surface area contributed by atoms with Crippen molar-refractivity contribution in [2.24, 2.45) is 29.6 Å². The third-order valence-electron chi connectivity index (χ3n) is 6.14. The molecule has 0 bridgehead atoms. The summed E-state index contributed by atoms with van der Waals surface area (Å²) in [6, 6.07) is 0. The molecular formula is C21H30O6S. The van der Waals surface area contributed by atoms with Crippen LogP contribution in [0.2, 0.25) is 0 Å². The monoisotopic (exact) mass is 410 g/mol. The Morgan fingerprint density at radius 1 is 1.29 bits per heavy atom. The average Bonchev–Trinajstić information content (AvgIpc) is 2.59. The van der Waals surface area contributed by atoms with E-state index in [1.165, 1.54) is 17.2 Å². The second-order valence-corrected chi connectivity index (χ2v) is 8.87. The smallest absolute Gasteiger partial charge is 0.397 e. The van der Waals surface area contributed by atoms with Crippen molar-refractivity contribution < 1.29 is 27.1 Å². The van der Waals surface area contributed by atoms with E-state index in [2.05, 4.69) is 26.0 Å². The lowest BCUT2D eigenvalue weighted by Gasteiger charge is -2.49. The number of hydrogen-bond acceptors (Lipinski definition) is 4. The maximum Gasteiger partial charge on any atom is 0.397 e. The van der Waals surface area contributed by atoms with Crippen LogP contribution in [0, 0.1) is 29.6 Å². The summed E-state index contributed by atoms with van der Waals surface area (Å²) < 4.78 is 36.6. The molecule has 0 aromatic rings. The highest BCUT2D eigenvalue weighted by Gasteiger charge is 2.46. The minimum absolute atomic E-state index is 0.0763. The molecule has 2 aliphatic rings. The van der Waals surface area contributed by atoms with Crippen LogP contribution in [0.3, 0.4) is 0 Å². The fourth-order valence-electron chi connectivity index (χ4n) is 4.95. The summed E-state index contributed by atoms with van der Waals surface area (Å²) in [5.74, 6) is -0.444. The molecule has 1 saturated carbocycles. The van der Waals surface area contributed by atoms with E-state index in [1.807, 2.05) is 19.9 Å². The minimum atomic E-state index is -4.51. The third kappa shape index (κ3) is 5.43. The van der Waals surface area contributed by atoms with E-state index in [9.17, 15) is 13.2 Å². The first-order chi connectivity index (χ1) is 13.0. The van der Waals surface area contributed by atoms with Crippen molar-refractivity contribution in [1.82, 2.24) is 0 Å². The van der Waals surface area contributed by atoms with Gasteiger partial charge in [-0.25, -0.2) is 8.98 Å². The zero-order valence-corrected chi connectivity index (χ0v) is 17.6. The third-order valence-corrected chi connectivity index (χ3v) is 6.63. The number of carboxylic acid groups (broad SMARTS) is 1. The molecular weight excluding hydrogens is 380 g/mol. The summed E-state index contributed by atoms with van der Waals surface area (Å²) in [6.07, 6.45) is 11.5. The van der Waals surface area contributed by atoms with Crippen LogP contribution in [0.1, 0.15) is 40.5 Å². The molecule has 2 rings (SSSR count). The summed E-state index contributed by atoms with van der Waals surface area (Å²) in [7, 11) is -4.51. The lowest BCUT2D eigenvalue weighted by Crippen LogP contribution is -2.45. The molecule has 0 aromatic carbocycles. The highest BCUT2D eigenvalue weighted by molar-refractivity contribution is 7.80. The number of allylic oxidation sites excluding steroid dienone is 7. The van der Waals surface area contributed by atoms with Gasteiger partial charge in [-0.2, -0.15) is 8.42 Å². The van der Waals surface area contributed by atoms with Crippen LogP contribution in [0.25, 0.3) is 0 Å². The number of aliphatic carboxylic acids is 1. The first-order valence-electron chi connectivity index (χ1n) is 9.59. The van der Waals surface area contributed by atoms with Crippen LogP contribution in [0.5, 0.6) is 0 Å². The predicted molar refractivity (Wildman–Crippen MR) is 108 cm³/mol. The molecule has 0 unspecified atom stereocenters. The van der Waals surface area contributed by atoms with Gasteiger partial charge in [0.15, 0.2) is 0 Å². The van der Waals surface area contributed by atoms with Crippen molar-refractivity contribution in [1.29, 1.82) is 0 Å². The summed E-state index contributed by atoms with van der Waals surface area (Å²) in [5, 5.41) is 8.81. The van der Waals surface area contributed by atoms with E-state index < -0.39 is 22.5 Å². The van der Waals surface area contributed by atoms with Crippen molar-refractivity contribution >= 4 is 16.4 Å². The van der Waals surface area contributed by atoms with Crippen LogP contribution in [0.15, 0.2) is 47.6 Å². The van der Waals surface area contributed by atoms with Crippen LogP contribution in [-0.2, 0) is 19.4 Å². The fraction of sp³-hybridized carbons (Fsp3) is 0.571. The Bertz CT molecular complexity index is 805. The molecule has 0 amide bonds. The van der Waals surface area contributed by atoms with E-state index in [4.69, 9.17) is 13.8 Å². The molecule has 0 aromatic heterocycles. The van der Waals surface area contributed by atoms with E-state index >= 15 is 0 Å². The SMILES string of the molecule is C/C=C(\C)[C@H]1C(C)=C[C@H]2CC[C@H](OS(=O)(=O)O)[C@H](C)[C@H]2[C@H]1/C=C/C=C/C(=O)O. The van der Waals surface area contributed by atoms with Gasteiger partial charge in [-0.15, -0.1) is 0 Å². The lowest BCUT2D eigenvalue weighted by atomic mass is 9.57. The van der Waals surface area contributed by atoms with Crippen molar-refractivity contribution in [3.05, 3.63) is 47.6 Å². The molecule has 0 heterocycles. The molecule has 156 valence electrons. The quantitative estimate of drug-likeness (QED) is 0.295. The first-order valence-corrected chi connectivity index (χ1v) is 11.0. The summed E-state index contributed by atoms with van der Waals surface area (Å²) >= 11 is 0. The molecule has 0 saturated heterocycles. The van der Waals surface area contributed by atoms with Gasteiger partial charge in [0.25, 0.3) is 0 Å². The Morgan fingerprint density at radius 3 is 2.54 bits per heavy atom. The normalized spacial score (nSPS) is 34.5. The number of carbonyl (C=O) groups is 1. The Morgan fingerprint density at radius 2 is 1.96 bits per heavy atom. The van der Waals surface area contributed by atoms with E-state index in [0.717, 1.165) is 12.5 Å². The molecule has 2 aliphatic carbocycles. The predicted octanol–water partition coefficient (Wildman–Crippen LogP) is 4.19. The van der Waals surface area contributed by atoms with Crippen molar-refractivity contribution in [3.63, 3.8) is 0 Å². The standard InChI is InChI=1S/C21H30O6S/c1-5-13(2)20-14(3)12-16-10-11-18(27-28(24,25)26)15(4)21(16)17(20)8-6-7-9-19(22)23/h5-9,12,15-18,20-21H,10-11H2,1-4H3,(H,22,23)(H,24,25,26)/b8-6+,9-7+,13-5+/t15-,16+,17-,18-,20-,21+/m0/s1. The Hall–Kier alpha value is -1.70. The minimum Gasteiger partial charge on any atom is -0.478 e. The van der Waals surface area contributed by atoms with Gasteiger partial charge in [-0.1, -0.05) is 48.5 Å². The molecule has 7 heteroatoms. The fourth-order valence-corrected chi connectivity index (χ4v) is 5.54. The number of hydrogen-bond donors (Lipinski definition) is 2. The van der Waals surface area contributed by atoms with E-state index in [0.29, 0.717) is 6.42 Å². The van der Waals surface area contributed by atoms with Crippen LogP contribution in [0.4, 0.5) is 0 Å². The largest absolute Gasteiger partial charge is 0.478 e. The summed E-state index contributed by atoms with van der Waals surface area (Å²) in [6.45, 7) is 8.16. The van der Waals surface area contributed by atoms with Gasteiger partial charge in [0.05, 0.1) is 6.10 Å². The topological polar surface area (TPSA) is 101 Å². The molecule has 0 aliphatic heterocycles. The zero-order chi connectivity index (χ0) is 21.1. The summed E-state index contributed by atoms with van der Waals surface area (Å²) in [4.78, 5) is 10.7.